The molecule has 5 heteroatoms. The molecule has 0 aromatic rings. The van der Waals surface area contributed by atoms with E-state index < -0.39 is 11.7 Å². The predicted octanol–water partition coefficient (Wildman–Crippen LogP) is 3.01. The smallest absolute Gasteiger partial charge is 0.355 e. The van der Waals surface area contributed by atoms with Crippen molar-refractivity contribution >= 4 is 11.6 Å². The van der Waals surface area contributed by atoms with Crippen LogP contribution in [0.15, 0.2) is 35.2 Å². The first-order valence-corrected chi connectivity index (χ1v) is 3.78. The molecule has 0 saturated heterocycles. The van der Waals surface area contributed by atoms with E-state index in [-0.39, 0.29) is 10.6 Å². The van der Waals surface area contributed by atoms with Crippen LogP contribution >= 0.6 is 11.6 Å². The van der Waals surface area contributed by atoms with Crippen LogP contribution in [0.4, 0.5) is 13.2 Å². The van der Waals surface area contributed by atoms with Gasteiger partial charge in [0, 0.05) is 25.0 Å². The van der Waals surface area contributed by atoms with Crippen molar-refractivity contribution in [1.29, 1.82) is 0 Å². The fourth-order valence-electron chi connectivity index (χ4n) is 0.948. The molecule has 0 atom stereocenters. The number of nitrogens with zero attached hydrogens (tertiary/aromatic N) is 1. The van der Waals surface area contributed by atoms with Gasteiger partial charge in [0.15, 0.2) is 0 Å². The summed E-state index contributed by atoms with van der Waals surface area (Å²) < 4.78 is 36.9. The zero-order chi connectivity index (χ0) is 10.2. The van der Waals surface area contributed by atoms with Gasteiger partial charge in [-0.25, -0.2) is 0 Å². The second-order valence-electron chi connectivity index (χ2n) is 2.66. The Hall–Kier alpha value is -0.900. The van der Waals surface area contributed by atoms with Crippen LogP contribution in [0.25, 0.3) is 0 Å². The molecule has 0 N–H and O–H groups in total. The molecule has 0 aliphatic carbocycles. The molecule has 1 heterocycles. The predicted molar refractivity (Wildman–Crippen MR) is 45.0 cm³/mol. The highest BCUT2D eigenvalue weighted by molar-refractivity contribution is 6.32. The fraction of sp³-hybridized carbons (Fsp3) is 0.250. The van der Waals surface area contributed by atoms with Crippen molar-refractivity contribution in [2.75, 3.05) is 7.05 Å². The third-order valence-electron chi connectivity index (χ3n) is 1.57. The van der Waals surface area contributed by atoms with Gasteiger partial charge >= 0.3 is 6.18 Å². The average Bonchev–Trinajstić information content (AvgIpc) is 1.94. The van der Waals surface area contributed by atoms with E-state index in [1.807, 2.05) is 0 Å². The van der Waals surface area contributed by atoms with E-state index >= 15 is 0 Å². The maximum atomic E-state index is 12.3. The Morgan fingerprint density at radius 3 is 2.38 bits per heavy atom. The molecule has 0 aromatic carbocycles. The number of hydrogen-bond donors (Lipinski definition) is 0. The summed E-state index contributed by atoms with van der Waals surface area (Å²) in [6.07, 6.45) is -2.08. The van der Waals surface area contributed by atoms with Gasteiger partial charge in [0.1, 0.15) is 0 Å². The van der Waals surface area contributed by atoms with Gasteiger partial charge in [-0.15, -0.1) is 0 Å². The Morgan fingerprint density at radius 2 is 1.92 bits per heavy atom. The Bertz CT molecular complexity index is 301. The summed E-state index contributed by atoms with van der Waals surface area (Å²) in [7, 11) is 1.47. The quantitative estimate of drug-likeness (QED) is 0.593. The minimum atomic E-state index is -4.40. The van der Waals surface area contributed by atoms with E-state index in [2.05, 4.69) is 6.58 Å². The minimum absolute atomic E-state index is 0.0114. The molecular weight excluding hydrogens is 203 g/mol. The van der Waals surface area contributed by atoms with Gasteiger partial charge in [0.25, 0.3) is 0 Å². The Morgan fingerprint density at radius 1 is 1.38 bits per heavy atom. The molecule has 1 rings (SSSR count). The second-order valence-corrected chi connectivity index (χ2v) is 3.07. The molecule has 0 radical (unpaired) electrons. The van der Waals surface area contributed by atoms with Crippen LogP contribution in [0, 0.1) is 0 Å². The van der Waals surface area contributed by atoms with Crippen LogP contribution in [-0.2, 0) is 0 Å². The van der Waals surface area contributed by atoms with Crippen LogP contribution < -0.4 is 0 Å². The molecule has 72 valence electrons. The van der Waals surface area contributed by atoms with Crippen LogP contribution in [0.5, 0.6) is 0 Å². The summed E-state index contributed by atoms with van der Waals surface area (Å²) in [5.41, 5.74) is -0.991. The Balaban J connectivity index is 3.06. The molecule has 1 aliphatic rings. The van der Waals surface area contributed by atoms with Gasteiger partial charge in [-0.3, -0.25) is 0 Å². The van der Waals surface area contributed by atoms with Crippen molar-refractivity contribution in [2.45, 2.75) is 6.18 Å². The topological polar surface area (TPSA) is 3.24 Å². The maximum Gasteiger partial charge on any atom is 0.418 e. The molecule has 1 nitrogen and oxygen atoms in total. The van der Waals surface area contributed by atoms with E-state index in [1.165, 1.54) is 18.1 Å². The monoisotopic (exact) mass is 209 g/mol. The van der Waals surface area contributed by atoms with Gasteiger partial charge in [0.2, 0.25) is 0 Å². The Kier molecular flexibility index (Phi) is 2.43. The highest BCUT2D eigenvalue weighted by atomic mass is 35.5. The minimum Gasteiger partial charge on any atom is -0.355 e. The highest BCUT2D eigenvalue weighted by Gasteiger charge is 2.37. The van der Waals surface area contributed by atoms with Gasteiger partial charge < -0.3 is 4.90 Å². The van der Waals surface area contributed by atoms with E-state index in [4.69, 9.17) is 11.6 Å². The number of rotatable bonds is 0. The van der Waals surface area contributed by atoms with Crippen LogP contribution in [0.3, 0.4) is 0 Å². The standard InChI is InChI=1S/C8H7ClF3N/c1-5-6(8(10,11)12)3-13(2)4-7(5)9/h3-4H,1H2,2H3. The summed E-state index contributed by atoms with van der Waals surface area (Å²) in [5, 5.41) is 0.0114. The van der Waals surface area contributed by atoms with Crippen molar-refractivity contribution in [3.05, 3.63) is 35.2 Å². The maximum absolute atomic E-state index is 12.3. The van der Waals surface area contributed by atoms with Gasteiger partial charge in [-0.1, -0.05) is 18.2 Å². The van der Waals surface area contributed by atoms with Gasteiger partial charge in [-0.05, 0) is 0 Å². The lowest BCUT2D eigenvalue weighted by molar-refractivity contribution is -0.0900. The van der Waals surface area contributed by atoms with Crippen molar-refractivity contribution < 1.29 is 13.2 Å². The number of hydrogen-bond acceptors (Lipinski definition) is 1. The zero-order valence-electron chi connectivity index (χ0n) is 6.82. The molecule has 0 saturated carbocycles. The molecule has 0 amide bonds. The van der Waals surface area contributed by atoms with E-state index in [1.54, 1.807) is 0 Å². The molecule has 0 fully saturated rings. The van der Waals surface area contributed by atoms with Crippen molar-refractivity contribution in [1.82, 2.24) is 4.90 Å². The Labute approximate surface area is 78.8 Å². The van der Waals surface area contributed by atoms with Gasteiger partial charge in [0.05, 0.1) is 10.6 Å². The average molecular weight is 210 g/mol. The van der Waals surface area contributed by atoms with Crippen LogP contribution in [0.2, 0.25) is 0 Å². The zero-order valence-corrected chi connectivity index (χ0v) is 7.58. The van der Waals surface area contributed by atoms with E-state index in [0.29, 0.717) is 0 Å². The number of allylic oxidation sites excluding steroid dienone is 3. The largest absolute Gasteiger partial charge is 0.418 e. The van der Waals surface area contributed by atoms with E-state index in [0.717, 1.165) is 6.20 Å². The lowest BCUT2D eigenvalue weighted by Gasteiger charge is -2.22. The summed E-state index contributed by atoms with van der Waals surface area (Å²) in [4.78, 5) is 1.25. The summed E-state index contributed by atoms with van der Waals surface area (Å²) in [5.74, 6) is 0. The fourth-order valence-corrected chi connectivity index (χ4v) is 1.20. The lowest BCUT2D eigenvalue weighted by Crippen LogP contribution is -2.20. The van der Waals surface area contributed by atoms with E-state index in [9.17, 15) is 13.2 Å². The molecule has 1 aliphatic heterocycles. The van der Waals surface area contributed by atoms with Crippen molar-refractivity contribution in [3.63, 3.8) is 0 Å². The SMILES string of the molecule is C=C1C(Cl)=CN(C)C=C1C(F)(F)F. The summed E-state index contributed by atoms with van der Waals surface area (Å²) >= 11 is 5.54. The molecular formula is C8H7ClF3N. The third-order valence-corrected chi connectivity index (χ3v) is 1.89. The van der Waals surface area contributed by atoms with Crippen molar-refractivity contribution in [2.24, 2.45) is 0 Å². The lowest BCUT2D eigenvalue weighted by atomic mass is 10.1. The number of alkyl halides is 3. The first-order valence-electron chi connectivity index (χ1n) is 3.40. The van der Waals surface area contributed by atoms with Crippen molar-refractivity contribution in [3.8, 4) is 0 Å². The summed E-state index contributed by atoms with van der Waals surface area (Å²) in [6, 6.07) is 0. The molecule has 0 aromatic heterocycles. The first-order chi connectivity index (χ1) is 5.82. The molecule has 0 unspecified atom stereocenters. The third kappa shape index (κ3) is 2.06. The number of halogens is 4. The summed E-state index contributed by atoms with van der Waals surface area (Å²) in [6.45, 7) is 3.26. The molecule has 13 heavy (non-hydrogen) atoms. The molecule has 0 spiro atoms. The highest BCUT2D eigenvalue weighted by Crippen LogP contribution is 2.37. The normalized spacial score (nSPS) is 18.5. The second kappa shape index (κ2) is 3.10. The molecule has 0 bridgehead atoms. The van der Waals surface area contributed by atoms with Gasteiger partial charge in [-0.2, -0.15) is 13.2 Å². The first kappa shape index (κ1) is 10.2. The van der Waals surface area contributed by atoms with Crippen LogP contribution in [0.1, 0.15) is 0 Å². The van der Waals surface area contributed by atoms with Crippen LogP contribution in [-0.4, -0.2) is 18.1 Å².